The second-order valence-electron chi connectivity index (χ2n) is 5.81. The quantitative estimate of drug-likeness (QED) is 0.690. The van der Waals surface area contributed by atoms with Gasteiger partial charge in [-0.25, -0.2) is 4.90 Å². The molecule has 5 nitrogen and oxygen atoms in total. The number of imide groups is 1. The summed E-state index contributed by atoms with van der Waals surface area (Å²) in [5.74, 6) is -1.09. The van der Waals surface area contributed by atoms with E-state index in [4.69, 9.17) is 11.6 Å². The molecule has 128 valence electrons. The van der Waals surface area contributed by atoms with Gasteiger partial charge in [0, 0.05) is 17.1 Å². The van der Waals surface area contributed by atoms with E-state index in [1.54, 1.807) is 24.3 Å². The van der Waals surface area contributed by atoms with Crippen molar-refractivity contribution in [3.63, 3.8) is 0 Å². The Bertz CT molecular complexity index is 1090. The van der Waals surface area contributed by atoms with Crippen LogP contribution >= 0.6 is 11.6 Å². The second kappa shape index (κ2) is 6.20. The van der Waals surface area contributed by atoms with Crippen LogP contribution in [0.25, 0.3) is 10.8 Å². The highest BCUT2D eigenvalue weighted by Gasteiger charge is 2.39. The summed E-state index contributed by atoms with van der Waals surface area (Å²) in [6.07, 6.45) is 0. The molecular formula is C20H13ClN2O3. The highest BCUT2D eigenvalue weighted by Crippen LogP contribution is 2.34. The van der Waals surface area contributed by atoms with Gasteiger partial charge >= 0.3 is 0 Å². The lowest BCUT2D eigenvalue weighted by atomic mass is 10.1. The van der Waals surface area contributed by atoms with Crippen molar-refractivity contribution in [3.05, 3.63) is 77.5 Å². The molecule has 0 radical (unpaired) electrons. The molecule has 0 bridgehead atoms. The molecule has 1 aliphatic heterocycles. The van der Waals surface area contributed by atoms with Crippen molar-refractivity contribution in [2.75, 3.05) is 10.2 Å². The normalized spacial score (nSPS) is 14.4. The van der Waals surface area contributed by atoms with Crippen molar-refractivity contribution in [3.8, 4) is 5.75 Å². The number of aromatic hydroxyl groups is 1. The summed E-state index contributed by atoms with van der Waals surface area (Å²) < 4.78 is 0. The van der Waals surface area contributed by atoms with Crippen LogP contribution in [0.15, 0.2) is 77.5 Å². The maximum Gasteiger partial charge on any atom is 0.283 e. The van der Waals surface area contributed by atoms with Crippen molar-refractivity contribution < 1.29 is 14.7 Å². The molecule has 0 saturated heterocycles. The standard InChI is InChI=1S/C20H13ClN2O3/c21-17-18(22-13-7-4-8-14(24)11-13)20(26)23(19(17)25)16-10-3-6-12-5-1-2-9-15(12)16/h1-11,22,24H. The first-order chi connectivity index (χ1) is 12.6. The van der Waals surface area contributed by atoms with E-state index in [0.29, 0.717) is 11.4 Å². The number of rotatable bonds is 3. The van der Waals surface area contributed by atoms with Crippen LogP contribution in [0, 0.1) is 0 Å². The number of phenols is 1. The lowest BCUT2D eigenvalue weighted by Gasteiger charge is -2.17. The molecule has 3 aromatic rings. The molecule has 3 aromatic carbocycles. The van der Waals surface area contributed by atoms with Crippen LogP contribution in [-0.4, -0.2) is 16.9 Å². The Morgan fingerprint density at radius 2 is 1.62 bits per heavy atom. The van der Waals surface area contributed by atoms with Gasteiger partial charge in [0.05, 0.1) is 5.69 Å². The maximum absolute atomic E-state index is 12.9. The van der Waals surface area contributed by atoms with E-state index in [2.05, 4.69) is 5.32 Å². The van der Waals surface area contributed by atoms with Crippen molar-refractivity contribution in [1.82, 2.24) is 0 Å². The van der Waals surface area contributed by atoms with Gasteiger partial charge in [0.2, 0.25) is 0 Å². The Morgan fingerprint density at radius 1 is 0.885 bits per heavy atom. The van der Waals surface area contributed by atoms with E-state index in [1.807, 2.05) is 30.3 Å². The molecule has 1 heterocycles. The molecule has 0 fully saturated rings. The topological polar surface area (TPSA) is 69.6 Å². The van der Waals surface area contributed by atoms with Crippen molar-refractivity contribution >= 4 is 45.6 Å². The summed E-state index contributed by atoms with van der Waals surface area (Å²) in [6.45, 7) is 0. The molecule has 2 amide bonds. The van der Waals surface area contributed by atoms with Crippen molar-refractivity contribution in [2.24, 2.45) is 0 Å². The largest absolute Gasteiger partial charge is 0.508 e. The number of amides is 2. The molecule has 0 atom stereocenters. The van der Waals surface area contributed by atoms with Gasteiger partial charge in [0.25, 0.3) is 11.8 Å². The van der Waals surface area contributed by atoms with Crippen LogP contribution in [0.1, 0.15) is 0 Å². The van der Waals surface area contributed by atoms with E-state index in [-0.39, 0.29) is 16.5 Å². The fourth-order valence-electron chi connectivity index (χ4n) is 2.96. The third-order valence-corrected chi connectivity index (χ3v) is 4.50. The van der Waals surface area contributed by atoms with Crippen LogP contribution in [0.4, 0.5) is 11.4 Å². The van der Waals surface area contributed by atoms with Gasteiger partial charge in [-0.15, -0.1) is 0 Å². The number of carbonyl (C=O) groups excluding carboxylic acids is 2. The molecule has 0 unspecified atom stereocenters. The van der Waals surface area contributed by atoms with E-state index in [1.165, 1.54) is 12.1 Å². The average Bonchev–Trinajstić information content (AvgIpc) is 2.85. The molecule has 1 aliphatic rings. The van der Waals surface area contributed by atoms with Crippen LogP contribution < -0.4 is 10.2 Å². The molecule has 4 rings (SSSR count). The monoisotopic (exact) mass is 364 g/mol. The number of anilines is 2. The predicted octanol–water partition coefficient (Wildman–Crippen LogP) is 3.98. The van der Waals surface area contributed by atoms with Crippen LogP contribution in [0.5, 0.6) is 5.75 Å². The van der Waals surface area contributed by atoms with E-state index in [9.17, 15) is 14.7 Å². The summed E-state index contributed by atoms with van der Waals surface area (Å²) in [5.41, 5.74) is 0.915. The molecule has 0 aromatic heterocycles. The number of phenolic OH excluding ortho intramolecular Hbond substituents is 1. The number of benzene rings is 3. The molecule has 0 saturated carbocycles. The SMILES string of the molecule is O=C1C(Cl)=C(Nc2cccc(O)c2)C(=O)N1c1cccc2ccccc12. The first-order valence-corrected chi connectivity index (χ1v) is 8.26. The highest BCUT2D eigenvalue weighted by molar-refractivity contribution is 6.53. The Kier molecular flexibility index (Phi) is 3.86. The summed E-state index contributed by atoms with van der Waals surface area (Å²) >= 11 is 6.15. The fourth-order valence-corrected chi connectivity index (χ4v) is 3.17. The molecule has 6 heteroatoms. The predicted molar refractivity (Wildman–Crippen MR) is 101 cm³/mol. The zero-order chi connectivity index (χ0) is 18.3. The van der Waals surface area contributed by atoms with E-state index < -0.39 is 11.8 Å². The lowest BCUT2D eigenvalue weighted by molar-refractivity contribution is -0.120. The number of carbonyl (C=O) groups is 2. The van der Waals surface area contributed by atoms with E-state index >= 15 is 0 Å². The Hall–Kier alpha value is -3.31. The number of fused-ring (bicyclic) bond motifs is 1. The molecule has 2 N–H and O–H groups in total. The summed E-state index contributed by atoms with van der Waals surface area (Å²) in [6, 6.07) is 19.1. The maximum atomic E-state index is 12.9. The molecule has 0 spiro atoms. The van der Waals surface area contributed by atoms with Crippen molar-refractivity contribution in [2.45, 2.75) is 0 Å². The van der Waals surface area contributed by atoms with Gasteiger partial charge in [-0.05, 0) is 23.6 Å². The van der Waals surface area contributed by atoms with Gasteiger partial charge in [-0.2, -0.15) is 0 Å². The van der Waals surface area contributed by atoms with Crippen molar-refractivity contribution in [1.29, 1.82) is 0 Å². The molecule has 26 heavy (non-hydrogen) atoms. The number of hydrogen-bond acceptors (Lipinski definition) is 4. The lowest BCUT2D eigenvalue weighted by Crippen LogP contribution is -2.32. The molecule has 0 aliphatic carbocycles. The average molecular weight is 365 g/mol. The smallest absolute Gasteiger partial charge is 0.283 e. The number of nitrogens with one attached hydrogen (secondary N) is 1. The minimum absolute atomic E-state index is 0.0183. The minimum Gasteiger partial charge on any atom is -0.508 e. The van der Waals surface area contributed by atoms with Crippen LogP contribution in [0.3, 0.4) is 0 Å². The van der Waals surface area contributed by atoms with Gasteiger partial charge < -0.3 is 10.4 Å². The summed E-state index contributed by atoms with van der Waals surface area (Å²) in [5, 5.41) is 13.9. The third kappa shape index (κ3) is 2.59. The van der Waals surface area contributed by atoms with Gasteiger partial charge in [0.15, 0.2) is 0 Å². The second-order valence-corrected chi connectivity index (χ2v) is 6.19. The number of halogens is 1. The summed E-state index contributed by atoms with van der Waals surface area (Å²) in [4.78, 5) is 26.6. The van der Waals surface area contributed by atoms with Gasteiger partial charge in [-0.1, -0.05) is 54.1 Å². The third-order valence-electron chi connectivity index (χ3n) is 4.15. The zero-order valence-corrected chi connectivity index (χ0v) is 14.2. The van der Waals surface area contributed by atoms with Gasteiger partial charge in [0.1, 0.15) is 16.5 Å². The zero-order valence-electron chi connectivity index (χ0n) is 13.4. The Balaban J connectivity index is 1.75. The first-order valence-electron chi connectivity index (χ1n) is 7.88. The number of nitrogens with zero attached hydrogens (tertiary/aromatic N) is 1. The van der Waals surface area contributed by atoms with E-state index in [0.717, 1.165) is 15.7 Å². The summed E-state index contributed by atoms with van der Waals surface area (Å²) in [7, 11) is 0. The Morgan fingerprint density at radius 3 is 2.42 bits per heavy atom. The molecular weight excluding hydrogens is 352 g/mol. The van der Waals surface area contributed by atoms with Gasteiger partial charge in [-0.3, -0.25) is 9.59 Å². The highest BCUT2D eigenvalue weighted by atomic mass is 35.5. The number of hydrogen-bond donors (Lipinski definition) is 2. The Labute approximate surface area is 154 Å². The minimum atomic E-state index is -0.587. The van der Waals surface area contributed by atoms with Crippen LogP contribution in [-0.2, 0) is 9.59 Å². The van der Waals surface area contributed by atoms with Crippen LogP contribution in [0.2, 0.25) is 0 Å². The fraction of sp³-hybridized carbons (Fsp3) is 0. The first kappa shape index (κ1) is 16.2.